The molecule has 0 unspecified atom stereocenters. The highest BCUT2D eigenvalue weighted by Crippen LogP contribution is 2.44. The minimum absolute atomic E-state index is 0.0332. The molecule has 156 valence electrons. The van der Waals surface area contributed by atoms with Gasteiger partial charge in [0.05, 0.1) is 24.1 Å². The Balaban J connectivity index is 2.09. The Bertz CT molecular complexity index is 912. The third kappa shape index (κ3) is 3.77. The number of alkyl carbamates (subject to hydrolysis) is 1. The van der Waals surface area contributed by atoms with Gasteiger partial charge in [-0.3, -0.25) is 25.1 Å². The lowest BCUT2D eigenvalue weighted by atomic mass is 9.78. The Morgan fingerprint density at radius 3 is 2.79 bits per heavy atom. The van der Waals surface area contributed by atoms with Crippen molar-refractivity contribution in [3.8, 4) is 0 Å². The lowest BCUT2D eigenvalue weighted by Gasteiger charge is -2.38. The van der Waals surface area contributed by atoms with Crippen molar-refractivity contribution < 1.29 is 28.4 Å². The number of benzene rings is 1. The van der Waals surface area contributed by atoms with Crippen LogP contribution in [0.15, 0.2) is 23.2 Å². The van der Waals surface area contributed by atoms with Gasteiger partial charge in [0.15, 0.2) is 0 Å². The van der Waals surface area contributed by atoms with Crippen molar-refractivity contribution in [1.82, 2.24) is 10.2 Å². The number of nitro benzene ring substituents is 1. The number of aliphatic imine (C=N–C) groups is 1. The van der Waals surface area contributed by atoms with E-state index in [0.29, 0.717) is 0 Å². The molecule has 11 heteroatoms. The molecule has 0 bridgehead atoms. The number of fused-ring (bicyclic) bond motifs is 1. The predicted molar refractivity (Wildman–Crippen MR) is 98.6 cm³/mol. The smallest absolute Gasteiger partial charge is 0.414 e. The molecule has 2 heterocycles. The Kier molecular flexibility index (Phi) is 5.03. The molecule has 1 N–H and O–H groups in total. The number of ether oxygens (including phenoxy) is 2. The van der Waals surface area contributed by atoms with Crippen LogP contribution in [0, 0.1) is 21.8 Å². The second-order valence-corrected chi connectivity index (χ2v) is 7.87. The Morgan fingerprint density at radius 1 is 1.48 bits per heavy atom. The molecule has 0 aromatic heterocycles. The average Bonchev–Trinajstić information content (AvgIpc) is 3.02. The maximum atomic E-state index is 14.7. The first-order valence-electron chi connectivity index (χ1n) is 8.84. The number of hydrogen-bond acceptors (Lipinski definition) is 7. The number of non-ortho nitro benzene ring substituents is 1. The van der Waals surface area contributed by atoms with Gasteiger partial charge in [0, 0.05) is 24.7 Å². The molecule has 2 amide bonds. The van der Waals surface area contributed by atoms with Gasteiger partial charge in [0.2, 0.25) is 11.9 Å². The van der Waals surface area contributed by atoms with Crippen LogP contribution in [0.2, 0.25) is 0 Å². The molecule has 2 aliphatic heterocycles. The number of nitro groups is 1. The number of rotatable bonds is 2. The maximum absolute atomic E-state index is 14.7. The molecule has 10 nitrogen and oxygen atoms in total. The van der Waals surface area contributed by atoms with Crippen molar-refractivity contribution in [1.29, 1.82) is 0 Å². The van der Waals surface area contributed by atoms with Crippen molar-refractivity contribution >= 4 is 23.6 Å². The number of halogens is 1. The van der Waals surface area contributed by atoms with Crippen molar-refractivity contribution in [2.75, 3.05) is 20.3 Å². The molecule has 29 heavy (non-hydrogen) atoms. The predicted octanol–water partition coefficient (Wildman–Crippen LogP) is 1.93. The van der Waals surface area contributed by atoms with E-state index in [2.05, 4.69) is 10.3 Å². The molecule has 1 fully saturated rings. The van der Waals surface area contributed by atoms with E-state index < -0.39 is 39.8 Å². The fourth-order valence-corrected chi connectivity index (χ4v) is 3.35. The van der Waals surface area contributed by atoms with Crippen molar-refractivity contribution in [2.24, 2.45) is 10.9 Å². The number of carbonyl (C=O) groups is 2. The van der Waals surface area contributed by atoms with Gasteiger partial charge in [-0.05, 0) is 26.8 Å². The number of nitrogens with one attached hydrogen (secondary N) is 1. The van der Waals surface area contributed by atoms with E-state index in [1.165, 1.54) is 7.05 Å². The topological polar surface area (TPSA) is 123 Å². The molecule has 1 aromatic carbocycles. The molecule has 2 aliphatic rings. The van der Waals surface area contributed by atoms with Gasteiger partial charge in [-0.25, -0.2) is 14.2 Å². The number of guanidine groups is 1. The van der Waals surface area contributed by atoms with Gasteiger partial charge in [-0.15, -0.1) is 0 Å². The number of nitrogens with zero attached hydrogens (tertiary/aromatic N) is 3. The van der Waals surface area contributed by atoms with Crippen LogP contribution in [0.5, 0.6) is 0 Å². The highest BCUT2D eigenvalue weighted by atomic mass is 19.1. The van der Waals surface area contributed by atoms with Crippen LogP contribution in [-0.4, -0.2) is 53.6 Å². The molecule has 0 aliphatic carbocycles. The third-order valence-electron chi connectivity index (χ3n) is 4.67. The summed E-state index contributed by atoms with van der Waals surface area (Å²) >= 11 is 0. The molecule has 1 saturated heterocycles. The second kappa shape index (κ2) is 7.07. The monoisotopic (exact) mass is 408 g/mol. The zero-order valence-electron chi connectivity index (χ0n) is 16.4. The first-order valence-corrected chi connectivity index (χ1v) is 8.84. The molecule has 0 radical (unpaired) electrons. The highest BCUT2D eigenvalue weighted by Gasteiger charge is 2.55. The van der Waals surface area contributed by atoms with Crippen LogP contribution < -0.4 is 5.32 Å². The van der Waals surface area contributed by atoms with Crippen molar-refractivity contribution in [2.45, 2.75) is 31.9 Å². The average molecular weight is 408 g/mol. The first-order chi connectivity index (χ1) is 13.4. The zero-order valence-corrected chi connectivity index (χ0v) is 16.4. The van der Waals surface area contributed by atoms with Crippen molar-refractivity contribution in [3.05, 3.63) is 39.7 Å². The number of amides is 2. The Labute approximate surface area is 165 Å². The summed E-state index contributed by atoms with van der Waals surface area (Å²) in [5, 5.41) is 13.6. The lowest BCUT2D eigenvalue weighted by Crippen LogP contribution is -2.57. The van der Waals surface area contributed by atoms with E-state index >= 15 is 0 Å². The van der Waals surface area contributed by atoms with E-state index in [4.69, 9.17) is 9.47 Å². The van der Waals surface area contributed by atoms with Crippen LogP contribution in [0.3, 0.4) is 0 Å². The largest absolute Gasteiger partial charge is 0.444 e. The van der Waals surface area contributed by atoms with Crippen molar-refractivity contribution in [3.63, 3.8) is 0 Å². The van der Waals surface area contributed by atoms with E-state index in [1.54, 1.807) is 20.8 Å². The lowest BCUT2D eigenvalue weighted by molar-refractivity contribution is -0.385. The van der Waals surface area contributed by atoms with Gasteiger partial charge in [0.25, 0.3) is 5.69 Å². The van der Waals surface area contributed by atoms with E-state index in [-0.39, 0.29) is 30.4 Å². The van der Waals surface area contributed by atoms with Crippen LogP contribution >= 0.6 is 0 Å². The third-order valence-corrected chi connectivity index (χ3v) is 4.67. The minimum atomic E-state index is -1.54. The van der Waals surface area contributed by atoms with Crippen LogP contribution in [0.25, 0.3) is 0 Å². The quantitative estimate of drug-likeness (QED) is 0.589. The van der Waals surface area contributed by atoms with Gasteiger partial charge in [-0.2, -0.15) is 0 Å². The first kappa shape index (κ1) is 20.6. The van der Waals surface area contributed by atoms with Gasteiger partial charge >= 0.3 is 6.09 Å². The maximum Gasteiger partial charge on any atom is 0.414 e. The molecule has 0 saturated carbocycles. The minimum Gasteiger partial charge on any atom is -0.444 e. The molecular formula is C18H21FN4O6. The normalized spacial score (nSPS) is 24.0. The summed E-state index contributed by atoms with van der Waals surface area (Å²) in [7, 11) is 1.41. The zero-order chi connectivity index (χ0) is 21.6. The Morgan fingerprint density at radius 2 is 2.17 bits per heavy atom. The standard InChI is InChI=1S/C18H21FN4O6/c1-17(2,3)29-16(25)20-15-21-18(9-28-8-12(18)14(24)22(15)4)11-7-10(23(26)27)5-6-13(11)19/h5-7,12H,8-9H2,1-4H3,(H,20,21,25)/t12-,18+/m0/s1. The summed E-state index contributed by atoms with van der Waals surface area (Å²) in [6, 6.07) is 3.03. The van der Waals surface area contributed by atoms with Gasteiger partial charge in [0.1, 0.15) is 17.0 Å². The molecule has 0 spiro atoms. The summed E-state index contributed by atoms with van der Waals surface area (Å²) in [5.41, 5.74) is -2.81. The molecule has 1 aromatic rings. The second-order valence-electron chi connectivity index (χ2n) is 7.87. The summed E-state index contributed by atoms with van der Waals surface area (Å²) < 4.78 is 25.3. The number of carbonyl (C=O) groups excluding carboxylic acids is 2. The van der Waals surface area contributed by atoms with Crippen LogP contribution in [0.1, 0.15) is 26.3 Å². The highest BCUT2D eigenvalue weighted by molar-refractivity contribution is 6.06. The molecule has 3 rings (SSSR count). The van der Waals surface area contributed by atoms with Crippen LogP contribution in [-0.2, 0) is 19.8 Å². The molecule has 2 atom stereocenters. The SMILES string of the molecule is CN1C(=O)[C@@H]2COC[C@]2(c2cc([N+](=O)[O-])ccc2F)N=C1NC(=O)OC(C)(C)C. The van der Waals surface area contributed by atoms with Crippen LogP contribution in [0.4, 0.5) is 14.9 Å². The van der Waals surface area contributed by atoms with E-state index in [1.807, 2.05) is 0 Å². The summed E-state index contributed by atoms with van der Waals surface area (Å²) in [6.07, 6.45) is -0.845. The molecular weight excluding hydrogens is 387 g/mol. The van der Waals surface area contributed by atoms with E-state index in [0.717, 1.165) is 23.1 Å². The fourth-order valence-electron chi connectivity index (χ4n) is 3.35. The van der Waals surface area contributed by atoms with Gasteiger partial charge in [-0.1, -0.05) is 0 Å². The fraction of sp³-hybridized carbons (Fsp3) is 0.500. The van der Waals surface area contributed by atoms with Gasteiger partial charge < -0.3 is 9.47 Å². The summed E-state index contributed by atoms with van der Waals surface area (Å²) in [6.45, 7) is 4.81. The Hall–Kier alpha value is -3.08. The van der Waals surface area contributed by atoms with E-state index in [9.17, 15) is 24.1 Å². The summed E-state index contributed by atoms with van der Waals surface area (Å²) in [5.74, 6) is -2.27. The summed E-state index contributed by atoms with van der Waals surface area (Å²) in [4.78, 5) is 41.1. The number of hydrogen-bond donors (Lipinski definition) is 1.